The van der Waals surface area contributed by atoms with Gasteiger partial charge in [0.15, 0.2) is 0 Å². The second-order valence-corrected chi connectivity index (χ2v) is 6.83. The molecule has 0 spiro atoms. The number of anilines is 2. The average molecular weight is 346 g/mol. The second kappa shape index (κ2) is 7.97. The maximum atomic E-state index is 13.5. The van der Waals surface area contributed by atoms with Crippen LogP contribution in [0.2, 0.25) is 0 Å². The molecule has 2 aromatic rings. The van der Waals surface area contributed by atoms with E-state index in [2.05, 4.69) is 10.6 Å². The van der Waals surface area contributed by atoms with Gasteiger partial charge in [0, 0.05) is 23.2 Å². The van der Waals surface area contributed by atoms with Crippen LogP contribution in [0.15, 0.2) is 47.4 Å². The van der Waals surface area contributed by atoms with E-state index in [1.54, 1.807) is 38.1 Å². The molecule has 24 heavy (non-hydrogen) atoms. The molecule has 0 saturated carbocycles. The van der Waals surface area contributed by atoms with Crippen molar-refractivity contribution in [3.05, 3.63) is 53.8 Å². The smallest absolute Gasteiger partial charge is 0.237 e. The van der Waals surface area contributed by atoms with Gasteiger partial charge >= 0.3 is 0 Å². The first-order valence-electron chi connectivity index (χ1n) is 7.46. The number of benzene rings is 2. The van der Waals surface area contributed by atoms with Crippen molar-refractivity contribution in [2.75, 3.05) is 10.6 Å². The largest absolute Gasteiger partial charge is 0.326 e. The van der Waals surface area contributed by atoms with Crippen LogP contribution in [0.25, 0.3) is 0 Å². The predicted molar refractivity (Wildman–Crippen MR) is 95.8 cm³/mol. The van der Waals surface area contributed by atoms with Crippen molar-refractivity contribution in [2.24, 2.45) is 0 Å². The van der Waals surface area contributed by atoms with E-state index in [4.69, 9.17) is 0 Å². The monoisotopic (exact) mass is 346 g/mol. The Kier molecular flexibility index (Phi) is 5.98. The van der Waals surface area contributed by atoms with Gasteiger partial charge in [0.05, 0.1) is 5.25 Å². The molecular weight excluding hydrogens is 327 g/mol. The summed E-state index contributed by atoms with van der Waals surface area (Å²) in [5, 5.41) is 5.05. The summed E-state index contributed by atoms with van der Waals surface area (Å²) >= 11 is 1.39. The number of carbonyl (C=O) groups excluding carboxylic acids is 2. The van der Waals surface area contributed by atoms with Crippen LogP contribution in [0, 0.1) is 12.7 Å². The number of thioether (sulfide) groups is 1. The lowest BCUT2D eigenvalue weighted by molar-refractivity contribution is -0.115. The molecule has 0 heterocycles. The van der Waals surface area contributed by atoms with Gasteiger partial charge in [-0.05, 0) is 55.8 Å². The molecule has 2 rings (SSSR count). The van der Waals surface area contributed by atoms with Crippen LogP contribution in [0.5, 0.6) is 0 Å². The van der Waals surface area contributed by atoms with E-state index in [0.29, 0.717) is 16.9 Å². The molecule has 0 aromatic heterocycles. The third kappa shape index (κ3) is 5.09. The highest BCUT2D eigenvalue weighted by Gasteiger charge is 2.15. The third-order valence-corrected chi connectivity index (χ3v) is 4.41. The summed E-state index contributed by atoms with van der Waals surface area (Å²) in [4.78, 5) is 24.1. The quantitative estimate of drug-likeness (QED) is 0.797. The van der Waals surface area contributed by atoms with Gasteiger partial charge in [-0.1, -0.05) is 6.07 Å². The summed E-state index contributed by atoms with van der Waals surface area (Å²) in [7, 11) is 0. The summed E-state index contributed by atoms with van der Waals surface area (Å²) in [6.07, 6.45) is 0. The molecule has 2 aromatic carbocycles. The molecule has 1 atom stereocenters. The summed E-state index contributed by atoms with van der Waals surface area (Å²) in [6.45, 7) is 4.90. The van der Waals surface area contributed by atoms with Crippen LogP contribution in [0.1, 0.15) is 19.4 Å². The molecule has 2 N–H and O–H groups in total. The number of carbonyl (C=O) groups is 2. The lowest BCUT2D eigenvalue weighted by atomic mass is 10.2. The Morgan fingerprint density at radius 1 is 1.04 bits per heavy atom. The van der Waals surface area contributed by atoms with Crippen molar-refractivity contribution >= 4 is 35.0 Å². The van der Waals surface area contributed by atoms with Gasteiger partial charge < -0.3 is 10.6 Å². The molecule has 1 unspecified atom stereocenters. The standard InChI is InChI=1S/C18H19FN2O2S/c1-11-4-5-15(10-17(11)19)21-18(23)12(2)24-16-8-6-14(7-9-16)20-13(3)22/h4-10,12H,1-3H3,(H,20,22)(H,21,23). The first kappa shape index (κ1) is 18.0. The maximum Gasteiger partial charge on any atom is 0.237 e. The van der Waals surface area contributed by atoms with Crippen molar-refractivity contribution in [3.63, 3.8) is 0 Å². The highest BCUT2D eigenvalue weighted by atomic mass is 32.2. The Morgan fingerprint density at radius 3 is 2.25 bits per heavy atom. The van der Waals surface area contributed by atoms with E-state index >= 15 is 0 Å². The molecule has 0 bridgehead atoms. The van der Waals surface area contributed by atoms with Crippen molar-refractivity contribution < 1.29 is 14.0 Å². The van der Waals surface area contributed by atoms with Crippen molar-refractivity contribution in [2.45, 2.75) is 30.9 Å². The Bertz CT molecular complexity index is 747. The van der Waals surface area contributed by atoms with Crippen LogP contribution in [0.3, 0.4) is 0 Å². The average Bonchev–Trinajstić information content (AvgIpc) is 2.52. The van der Waals surface area contributed by atoms with Crippen LogP contribution in [0.4, 0.5) is 15.8 Å². The number of hydrogen-bond donors (Lipinski definition) is 2. The Labute approximate surface area is 144 Å². The molecule has 2 amide bonds. The molecular formula is C18H19FN2O2S. The van der Waals surface area contributed by atoms with Crippen LogP contribution in [-0.2, 0) is 9.59 Å². The number of amides is 2. The van der Waals surface area contributed by atoms with Crippen LogP contribution >= 0.6 is 11.8 Å². The summed E-state index contributed by atoms with van der Waals surface area (Å²) in [5.41, 5.74) is 1.69. The molecule has 0 fully saturated rings. The third-order valence-electron chi connectivity index (χ3n) is 3.30. The number of aryl methyl sites for hydroxylation is 1. The lowest BCUT2D eigenvalue weighted by Gasteiger charge is -2.13. The van der Waals surface area contributed by atoms with E-state index in [1.165, 1.54) is 24.8 Å². The first-order chi connectivity index (χ1) is 11.3. The minimum atomic E-state index is -0.346. The number of nitrogens with one attached hydrogen (secondary N) is 2. The lowest BCUT2D eigenvalue weighted by Crippen LogP contribution is -2.22. The molecule has 0 radical (unpaired) electrons. The van der Waals surface area contributed by atoms with E-state index in [9.17, 15) is 14.0 Å². The fraction of sp³-hybridized carbons (Fsp3) is 0.222. The van der Waals surface area contributed by atoms with E-state index < -0.39 is 0 Å². The zero-order valence-electron chi connectivity index (χ0n) is 13.7. The van der Waals surface area contributed by atoms with Gasteiger partial charge in [0.2, 0.25) is 11.8 Å². The topological polar surface area (TPSA) is 58.2 Å². The maximum absolute atomic E-state index is 13.5. The van der Waals surface area contributed by atoms with Gasteiger partial charge in [-0.3, -0.25) is 9.59 Å². The molecule has 0 aliphatic rings. The number of rotatable bonds is 5. The fourth-order valence-electron chi connectivity index (χ4n) is 1.99. The normalized spacial score (nSPS) is 11.7. The van der Waals surface area contributed by atoms with Gasteiger partial charge in [-0.2, -0.15) is 0 Å². The molecule has 6 heteroatoms. The number of halogens is 1. The second-order valence-electron chi connectivity index (χ2n) is 5.42. The van der Waals surface area contributed by atoms with E-state index in [1.807, 2.05) is 12.1 Å². The van der Waals surface area contributed by atoms with Gasteiger partial charge in [0.25, 0.3) is 0 Å². The fourth-order valence-corrected chi connectivity index (χ4v) is 2.86. The summed E-state index contributed by atoms with van der Waals surface area (Å²) < 4.78 is 13.5. The van der Waals surface area contributed by atoms with Crippen molar-refractivity contribution in [3.8, 4) is 0 Å². The highest BCUT2D eigenvalue weighted by molar-refractivity contribution is 8.00. The molecule has 126 valence electrons. The zero-order valence-corrected chi connectivity index (χ0v) is 14.5. The predicted octanol–water partition coefficient (Wildman–Crippen LogP) is 4.21. The zero-order chi connectivity index (χ0) is 17.7. The van der Waals surface area contributed by atoms with E-state index in [-0.39, 0.29) is 22.9 Å². The highest BCUT2D eigenvalue weighted by Crippen LogP contribution is 2.26. The SMILES string of the molecule is CC(=O)Nc1ccc(SC(C)C(=O)Nc2ccc(C)c(F)c2)cc1. The molecule has 0 aliphatic carbocycles. The Hall–Kier alpha value is -2.34. The van der Waals surface area contributed by atoms with Crippen molar-refractivity contribution in [1.29, 1.82) is 0 Å². The summed E-state index contributed by atoms with van der Waals surface area (Å²) in [5.74, 6) is -0.677. The Balaban J connectivity index is 1.95. The minimum Gasteiger partial charge on any atom is -0.326 e. The van der Waals surface area contributed by atoms with E-state index in [0.717, 1.165) is 4.90 Å². The Morgan fingerprint density at radius 2 is 1.67 bits per heavy atom. The van der Waals surface area contributed by atoms with Gasteiger partial charge in [-0.25, -0.2) is 4.39 Å². The van der Waals surface area contributed by atoms with Gasteiger partial charge in [-0.15, -0.1) is 11.8 Å². The van der Waals surface area contributed by atoms with Crippen molar-refractivity contribution in [1.82, 2.24) is 0 Å². The van der Waals surface area contributed by atoms with Crippen LogP contribution in [-0.4, -0.2) is 17.1 Å². The molecule has 4 nitrogen and oxygen atoms in total. The first-order valence-corrected chi connectivity index (χ1v) is 8.34. The van der Waals surface area contributed by atoms with Gasteiger partial charge in [0.1, 0.15) is 5.82 Å². The summed E-state index contributed by atoms with van der Waals surface area (Å²) in [6, 6.07) is 11.9. The molecule has 0 aliphatic heterocycles. The molecule has 0 saturated heterocycles. The van der Waals surface area contributed by atoms with Crippen LogP contribution < -0.4 is 10.6 Å². The number of hydrogen-bond acceptors (Lipinski definition) is 3. The minimum absolute atomic E-state index is 0.131.